The second kappa shape index (κ2) is 5.95. The average Bonchev–Trinajstić information content (AvgIpc) is 1.98. The maximum absolute atomic E-state index is 11.5. The summed E-state index contributed by atoms with van der Waals surface area (Å²) in [6.07, 6.45) is 0. The van der Waals surface area contributed by atoms with Crippen LogP contribution in [0.5, 0.6) is 0 Å². The molecule has 0 aromatic rings. The van der Waals surface area contributed by atoms with Gasteiger partial charge in [0.05, 0.1) is 0 Å². The number of ketones is 1. The van der Waals surface area contributed by atoms with Crippen molar-refractivity contribution >= 4 is 25.6 Å². The largest absolute Gasteiger partial charge is 0.297 e. The molecule has 0 amide bonds. The molecule has 0 bridgehead atoms. The van der Waals surface area contributed by atoms with Gasteiger partial charge in [0, 0.05) is 12.0 Å². The second-order valence-corrected chi connectivity index (χ2v) is 4.95. The Morgan fingerprint density at radius 1 is 1.33 bits per heavy atom. The molecule has 0 aliphatic rings. The van der Waals surface area contributed by atoms with E-state index in [2.05, 4.69) is 13.8 Å². The van der Waals surface area contributed by atoms with Crippen LogP contribution in [-0.2, 0) is 4.79 Å². The van der Waals surface area contributed by atoms with Gasteiger partial charge in [-0.2, -0.15) is 0 Å². The number of hydrogen-bond donors (Lipinski definition) is 1. The van der Waals surface area contributed by atoms with Crippen LogP contribution in [0.25, 0.3) is 0 Å². The minimum Gasteiger partial charge on any atom is -0.297 e. The summed E-state index contributed by atoms with van der Waals surface area (Å²) < 4.78 is 0. The quantitative estimate of drug-likeness (QED) is 0.552. The molecular weight excluding hydrogens is 189 g/mol. The molecule has 0 aromatic heterocycles. The van der Waals surface area contributed by atoms with E-state index in [-0.39, 0.29) is 17.1 Å². The minimum atomic E-state index is -0.0741. The van der Waals surface area contributed by atoms with Crippen LogP contribution in [0, 0.1) is 5.92 Å². The van der Waals surface area contributed by atoms with Crippen LogP contribution in [0.2, 0.25) is 0 Å². The molecule has 2 unspecified atom stereocenters. The predicted octanol–water partition coefficient (Wildman–Crippen LogP) is 2.06. The average molecular weight is 207 g/mol. The molecular formula is C8H18NOPS. The van der Waals surface area contributed by atoms with E-state index in [1.165, 1.54) is 11.4 Å². The third-order valence-corrected chi connectivity index (χ3v) is 2.91. The molecule has 12 heavy (non-hydrogen) atoms. The maximum atomic E-state index is 11.5. The fraction of sp³-hybridized carbons (Fsp3) is 0.875. The number of hydrogen-bond acceptors (Lipinski definition) is 3. The summed E-state index contributed by atoms with van der Waals surface area (Å²) in [7, 11) is 2.53. The molecule has 1 N–H and O–H groups in total. The Balaban J connectivity index is 4.06. The molecule has 0 rings (SSSR count). The van der Waals surface area contributed by atoms with Gasteiger partial charge in [-0.25, -0.2) is 0 Å². The van der Waals surface area contributed by atoms with Crippen LogP contribution in [0.4, 0.5) is 0 Å². The van der Waals surface area contributed by atoms with E-state index in [0.29, 0.717) is 6.04 Å². The van der Waals surface area contributed by atoms with Gasteiger partial charge in [0.1, 0.15) is 5.37 Å². The summed E-state index contributed by atoms with van der Waals surface area (Å²) in [5.41, 5.74) is 0. The van der Waals surface area contributed by atoms with Gasteiger partial charge in [0.25, 0.3) is 0 Å². The molecule has 0 radical (unpaired) electrons. The highest BCUT2D eigenvalue weighted by Crippen LogP contribution is 2.20. The molecule has 0 aromatic carbocycles. The van der Waals surface area contributed by atoms with E-state index >= 15 is 0 Å². The standard InChI is InChI=1S/C8H18NOPS/c1-5(2)7(10)8(12-11)9-6(3)4/h5-6,8-9H,11H2,1-4H3. The SMILES string of the molecule is CC(C)NC(SP)C(=O)C(C)C. The van der Waals surface area contributed by atoms with E-state index in [0.717, 1.165) is 0 Å². The van der Waals surface area contributed by atoms with Crippen LogP contribution < -0.4 is 5.32 Å². The van der Waals surface area contributed by atoms with Gasteiger partial charge in [-0.1, -0.05) is 22.3 Å². The van der Waals surface area contributed by atoms with Gasteiger partial charge in [0.15, 0.2) is 5.78 Å². The Kier molecular flexibility index (Phi) is 6.16. The monoisotopic (exact) mass is 207 g/mol. The molecule has 2 atom stereocenters. The van der Waals surface area contributed by atoms with Crippen molar-refractivity contribution in [2.75, 3.05) is 0 Å². The smallest absolute Gasteiger partial charge is 0.162 e. The molecule has 72 valence electrons. The van der Waals surface area contributed by atoms with Crippen molar-refractivity contribution in [2.24, 2.45) is 5.92 Å². The number of nitrogens with one attached hydrogen (secondary N) is 1. The second-order valence-electron chi connectivity index (χ2n) is 3.39. The van der Waals surface area contributed by atoms with E-state index in [9.17, 15) is 4.79 Å². The van der Waals surface area contributed by atoms with Crippen LogP contribution in [0.15, 0.2) is 0 Å². The molecule has 0 fully saturated rings. The van der Waals surface area contributed by atoms with Crippen molar-refractivity contribution in [3.8, 4) is 0 Å². The number of carbonyl (C=O) groups excluding carboxylic acids is 1. The summed E-state index contributed by atoms with van der Waals surface area (Å²) in [6.45, 7) is 7.94. The van der Waals surface area contributed by atoms with Crippen molar-refractivity contribution in [3.05, 3.63) is 0 Å². The summed E-state index contributed by atoms with van der Waals surface area (Å²) in [5, 5.41) is 3.13. The van der Waals surface area contributed by atoms with Gasteiger partial charge in [-0.15, -0.1) is 11.4 Å². The molecule has 0 saturated heterocycles. The maximum Gasteiger partial charge on any atom is 0.162 e. The topological polar surface area (TPSA) is 29.1 Å². The number of rotatable bonds is 5. The zero-order valence-corrected chi connectivity index (χ0v) is 10.1. The lowest BCUT2D eigenvalue weighted by Gasteiger charge is -2.19. The lowest BCUT2D eigenvalue weighted by molar-refractivity contribution is -0.122. The molecule has 4 heteroatoms. The Morgan fingerprint density at radius 3 is 2.08 bits per heavy atom. The Bertz CT molecular complexity index is 150. The fourth-order valence-electron chi connectivity index (χ4n) is 0.794. The van der Waals surface area contributed by atoms with Crippen molar-refractivity contribution < 1.29 is 4.79 Å². The van der Waals surface area contributed by atoms with Gasteiger partial charge in [-0.3, -0.25) is 10.1 Å². The number of Topliss-reactive ketones (excluding diaryl/α,β-unsaturated/α-hetero) is 1. The zero-order valence-electron chi connectivity index (χ0n) is 8.13. The third-order valence-electron chi connectivity index (χ3n) is 1.45. The molecule has 2 nitrogen and oxygen atoms in total. The normalized spacial score (nSPS) is 13.9. The summed E-state index contributed by atoms with van der Waals surface area (Å²) in [5.74, 6) is 0.373. The van der Waals surface area contributed by atoms with E-state index in [1.807, 2.05) is 27.7 Å². The molecule has 0 spiro atoms. The van der Waals surface area contributed by atoms with Crippen LogP contribution in [-0.4, -0.2) is 17.2 Å². The van der Waals surface area contributed by atoms with Crippen molar-refractivity contribution in [1.82, 2.24) is 5.32 Å². The fourth-order valence-corrected chi connectivity index (χ4v) is 2.19. The summed E-state index contributed by atoms with van der Waals surface area (Å²) in [4.78, 5) is 11.5. The lowest BCUT2D eigenvalue weighted by Crippen LogP contribution is -2.39. The van der Waals surface area contributed by atoms with Gasteiger partial charge < -0.3 is 0 Å². The van der Waals surface area contributed by atoms with Gasteiger partial charge >= 0.3 is 0 Å². The predicted molar refractivity (Wildman–Crippen MR) is 59.2 cm³/mol. The first-order valence-electron chi connectivity index (χ1n) is 4.14. The zero-order chi connectivity index (χ0) is 9.72. The van der Waals surface area contributed by atoms with Gasteiger partial charge in [0.2, 0.25) is 0 Å². The highest BCUT2D eigenvalue weighted by molar-refractivity contribution is 8.44. The molecule has 0 saturated carbocycles. The first-order valence-corrected chi connectivity index (χ1v) is 6.50. The van der Waals surface area contributed by atoms with Crippen LogP contribution in [0.3, 0.4) is 0 Å². The van der Waals surface area contributed by atoms with Crippen molar-refractivity contribution in [3.63, 3.8) is 0 Å². The summed E-state index contributed by atoms with van der Waals surface area (Å²) in [6, 6.07) is 0.353. The molecule has 0 heterocycles. The Labute approximate surface area is 81.2 Å². The molecule has 0 aliphatic heterocycles. The minimum absolute atomic E-state index is 0.0741. The number of carbonyl (C=O) groups is 1. The third kappa shape index (κ3) is 4.44. The molecule has 0 aliphatic carbocycles. The summed E-state index contributed by atoms with van der Waals surface area (Å²) >= 11 is 1.49. The van der Waals surface area contributed by atoms with E-state index < -0.39 is 0 Å². The van der Waals surface area contributed by atoms with Crippen molar-refractivity contribution in [2.45, 2.75) is 39.1 Å². The first kappa shape index (κ1) is 12.4. The van der Waals surface area contributed by atoms with Crippen LogP contribution >= 0.6 is 19.8 Å². The highest BCUT2D eigenvalue weighted by atomic mass is 32.7. The van der Waals surface area contributed by atoms with Crippen molar-refractivity contribution in [1.29, 1.82) is 0 Å². The van der Waals surface area contributed by atoms with Gasteiger partial charge in [-0.05, 0) is 13.8 Å². The Morgan fingerprint density at radius 2 is 1.83 bits per heavy atom. The van der Waals surface area contributed by atoms with E-state index in [4.69, 9.17) is 0 Å². The van der Waals surface area contributed by atoms with E-state index in [1.54, 1.807) is 0 Å². The first-order chi connectivity index (χ1) is 5.49. The highest BCUT2D eigenvalue weighted by Gasteiger charge is 2.20. The van der Waals surface area contributed by atoms with Crippen LogP contribution in [0.1, 0.15) is 27.7 Å². The lowest BCUT2D eigenvalue weighted by atomic mass is 10.1. The Hall–Kier alpha value is 0.410.